The second-order valence-corrected chi connectivity index (χ2v) is 9.88. The van der Waals surface area contributed by atoms with Gasteiger partial charge in [-0.3, -0.25) is 4.79 Å². The Morgan fingerprint density at radius 2 is 1.61 bits per heavy atom. The average molecular weight is 490 g/mol. The summed E-state index contributed by atoms with van der Waals surface area (Å²) in [6, 6.07) is 12.1. The number of hydrogen-bond donors (Lipinski definition) is 1. The molecule has 0 bridgehead atoms. The normalized spacial score (nSPS) is 17.4. The van der Waals surface area contributed by atoms with Gasteiger partial charge in [-0.05, 0) is 37.3 Å². The van der Waals surface area contributed by atoms with Crippen LogP contribution in [0, 0.1) is 12.8 Å². The van der Waals surface area contributed by atoms with Gasteiger partial charge in [0.25, 0.3) is 0 Å². The zero-order chi connectivity index (χ0) is 25.2. The number of methoxy groups -OCH3 is 2. The van der Waals surface area contributed by atoms with Gasteiger partial charge < -0.3 is 25.0 Å². The monoisotopic (exact) mass is 489 g/mol. The number of nitrogens with two attached hydrogens (primary N) is 1. The molecular formula is C28H35N5O3. The number of benzene rings is 2. The van der Waals surface area contributed by atoms with Gasteiger partial charge in [-0.2, -0.15) is 4.98 Å². The van der Waals surface area contributed by atoms with Crippen LogP contribution >= 0.6 is 0 Å². The first kappa shape index (κ1) is 24.2. The molecule has 2 aliphatic rings. The number of carbonyl (C=O) groups is 1. The SMILES string of the molecule is COc1cc2nc(N3CCN(C(=O)C(c4ccc(C)cc4)C4CCCC4)CC3)nc(N)c2cc1OC. The van der Waals surface area contributed by atoms with Crippen LogP contribution in [0.15, 0.2) is 36.4 Å². The molecule has 190 valence electrons. The lowest BCUT2D eigenvalue weighted by molar-refractivity contribution is -0.134. The molecule has 1 saturated carbocycles. The van der Waals surface area contributed by atoms with E-state index in [-0.39, 0.29) is 11.8 Å². The van der Waals surface area contributed by atoms with Crippen molar-refractivity contribution >= 4 is 28.6 Å². The van der Waals surface area contributed by atoms with E-state index < -0.39 is 0 Å². The van der Waals surface area contributed by atoms with Crippen LogP contribution in [0.25, 0.3) is 10.9 Å². The van der Waals surface area contributed by atoms with E-state index in [1.807, 2.05) is 11.0 Å². The Bertz CT molecular complexity index is 1230. The van der Waals surface area contributed by atoms with Crippen LogP contribution in [0.5, 0.6) is 11.5 Å². The van der Waals surface area contributed by atoms with E-state index in [2.05, 4.69) is 41.1 Å². The van der Waals surface area contributed by atoms with Crippen molar-refractivity contribution < 1.29 is 14.3 Å². The zero-order valence-corrected chi connectivity index (χ0v) is 21.4. The van der Waals surface area contributed by atoms with E-state index in [0.29, 0.717) is 60.9 Å². The highest BCUT2D eigenvalue weighted by Gasteiger charge is 2.36. The molecule has 2 aromatic carbocycles. The molecule has 8 nitrogen and oxygen atoms in total. The molecule has 1 unspecified atom stereocenters. The number of aromatic nitrogens is 2. The largest absolute Gasteiger partial charge is 0.493 e. The first-order valence-corrected chi connectivity index (χ1v) is 12.8. The van der Waals surface area contributed by atoms with Gasteiger partial charge in [0.05, 0.1) is 25.7 Å². The van der Waals surface area contributed by atoms with Crippen molar-refractivity contribution in [1.82, 2.24) is 14.9 Å². The molecule has 8 heteroatoms. The fourth-order valence-corrected chi connectivity index (χ4v) is 5.61. The maximum Gasteiger partial charge on any atom is 0.230 e. The lowest BCUT2D eigenvalue weighted by atomic mass is 9.83. The second-order valence-electron chi connectivity index (χ2n) is 9.88. The Labute approximate surface area is 212 Å². The van der Waals surface area contributed by atoms with Crippen LogP contribution in [0.2, 0.25) is 0 Å². The summed E-state index contributed by atoms with van der Waals surface area (Å²) >= 11 is 0. The minimum atomic E-state index is -0.0605. The Morgan fingerprint density at radius 1 is 0.972 bits per heavy atom. The maximum absolute atomic E-state index is 13.8. The second kappa shape index (κ2) is 10.2. The third-order valence-electron chi connectivity index (χ3n) is 7.67. The first-order chi connectivity index (χ1) is 17.5. The lowest BCUT2D eigenvalue weighted by Crippen LogP contribution is -2.51. The smallest absolute Gasteiger partial charge is 0.230 e. The number of aryl methyl sites for hydroxylation is 1. The van der Waals surface area contributed by atoms with Crippen LogP contribution < -0.4 is 20.1 Å². The van der Waals surface area contributed by atoms with Gasteiger partial charge in [-0.1, -0.05) is 42.7 Å². The van der Waals surface area contributed by atoms with Crippen molar-refractivity contribution in [3.63, 3.8) is 0 Å². The van der Waals surface area contributed by atoms with Crippen LogP contribution in [0.3, 0.4) is 0 Å². The van der Waals surface area contributed by atoms with E-state index in [4.69, 9.17) is 20.2 Å². The van der Waals surface area contributed by atoms with Gasteiger partial charge in [0.2, 0.25) is 11.9 Å². The van der Waals surface area contributed by atoms with Crippen molar-refractivity contribution in [3.05, 3.63) is 47.5 Å². The lowest BCUT2D eigenvalue weighted by Gasteiger charge is -2.37. The van der Waals surface area contributed by atoms with E-state index in [1.165, 1.54) is 18.4 Å². The highest BCUT2D eigenvalue weighted by Crippen LogP contribution is 2.39. The Kier molecular flexibility index (Phi) is 6.85. The van der Waals surface area contributed by atoms with Crippen molar-refractivity contribution in [2.24, 2.45) is 5.92 Å². The minimum absolute atomic E-state index is 0.0605. The number of fused-ring (bicyclic) bond motifs is 1. The van der Waals surface area contributed by atoms with Crippen LogP contribution in [0.1, 0.15) is 42.7 Å². The number of amides is 1. The number of hydrogen-bond acceptors (Lipinski definition) is 7. The molecule has 1 amide bonds. The van der Waals surface area contributed by atoms with Gasteiger partial charge in [0.15, 0.2) is 11.5 Å². The summed E-state index contributed by atoms with van der Waals surface area (Å²) in [7, 11) is 3.19. The van der Waals surface area contributed by atoms with Gasteiger partial charge in [0.1, 0.15) is 5.82 Å². The third kappa shape index (κ3) is 4.64. The molecule has 2 fully saturated rings. The topological polar surface area (TPSA) is 93.8 Å². The fraction of sp³-hybridized carbons (Fsp3) is 0.464. The molecular weight excluding hydrogens is 454 g/mol. The van der Waals surface area contributed by atoms with Crippen molar-refractivity contribution in [2.75, 3.05) is 51.0 Å². The van der Waals surface area contributed by atoms with Crippen molar-refractivity contribution in [3.8, 4) is 11.5 Å². The molecule has 2 heterocycles. The molecule has 0 radical (unpaired) electrons. The molecule has 1 aliphatic carbocycles. The molecule has 3 aromatic rings. The minimum Gasteiger partial charge on any atom is -0.493 e. The summed E-state index contributed by atoms with van der Waals surface area (Å²) in [5.74, 6) is 2.77. The molecule has 1 atom stereocenters. The third-order valence-corrected chi connectivity index (χ3v) is 7.67. The molecule has 5 rings (SSSR count). The standard InChI is InChI=1S/C28H35N5O3/c1-18-8-10-20(11-9-18)25(19-6-4-5-7-19)27(34)32-12-14-33(15-13-32)28-30-22-17-24(36-3)23(35-2)16-21(22)26(29)31-28/h8-11,16-17,19,25H,4-7,12-15H2,1-3H3,(H2,29,30,31). The number of carbonyl (C=O) groups excluding carboxylic acids is 1. The summed E-state index contributed by atoms with van der Waals surface area (Å²) in [6.45, 7) is 4.69. The maximum atomic E-state index is 13.8. The van der Waals surface area contributed by atoms with Gasteiger partial charge in [0, 0.05) is 37.6 Å². The van der Waals surface area contributed by atoms with Crippen LogP contribution in [-0.4, -0.2) is 61.2 Å². The first-order valence-electron chi connectivity index (χ1n) is 12.8. The molecule has 0 spiro atoms. The number of rotatable bonds is 6. The fourth-order valence-electron chi connectivity index (χ4n) is 5.61. The molecule has 2 N–H and O–H groups in total. The zero-order valence-electron chi connectivity index (χ0n) is 21.4. The Morgan fingerprint density at radius 3 is 2.25 bits per heavy atom. The highest BCUT2D eigenvalue weighted by molar-refractivity contribution is 5.92. The number of anilines is 2. The predicted octanol–water partition coefficient (Wildman–Crippen LogP) is 4.16. The number of piperazine rings is 1. The van der Waals surface area contributed by atoms with E-state index >= 15 is 0 Å². The Balaban J connectivity index is 1.33. The quantitative estimate of drug-likeness (QED) is 0.556. The molecule has 36 heavy (non-hydrogen) atoms. The van der Waals surface area contributed by atoms with Crippen molar-refractivity contribution in [2.45, 2.75) is 38.5 Å². The summed E-state index contributed by atoms with van der Waals surface area (Å²) in [6.07, 6.45) is 4.68. The molecule has 1 aromatic heterocycles. The van der Waals surface area contributed by atoms with Gasteiger partial charge in [-0.25, -0.2) is 4.98 Å². The molecule has 1 aliphatic heterocycles. The highest BCUT2D eigenvalue weighted by atomic mass is 16.5. The summed E-state index contributed by atoms with van der Waals surface area (Å²) < 4.78 is 10.8. The van der Waals surface area contributed by atoms with Crippen LogP contribution in [-0.2, 0) is 4.79 Å². The summed E-state index contributed by atoms with van der Waals surface area (Å²) in [5, 5.41) is 0.725. The number of ether oxygens (including phenoxy) is 2. The summed E-state index contributed by atoms with van der Waals surface area (Å²) in [5.41, 5.74) is 9.37. The van der Waals surface area contributed by atoms with E-state index in [0.717, 1.165) is 23.8 Å². The average Bonchev–Trinajstić information content (AvgIpc) is 3.43. The predicted molar refractivity (Wildman–Crippen MR) is 142 cm³/mol. The number of nitrogens with zero attached hydrogens (tertiary/aromatic N) is 4. The van der Waals surface area contributed by atoms with Gasteiger partial charge >= 0.3 is 0 Å². The van der Waals surface area contributed by atoms with E-state index in [1.54, 1.807) is 20.3 Å². The molecule has 1 saturated heterocycles. The Hall–Kier alpha value is -3.55. The van der Waals surface area contributed by atoms with E-state index in [9.17, 15) is 4.79 Å². The van der Waals surface area contributed by atoms with Crippen LogP contribution in [0.4, 0.5) is 11.8 Å². The number of nitrogen functional groups attached to an aromatic ring is 1. The van der Waals surface area contributed by atoms with Gasteiger partial charge in [-0.15, -0.1) is 0 Å². The van der Waals surface area contributed by atoms with Crippen molar-refractivity contribution in [1.29, 1.82) is 0 Å². The summed E-state index contributed by atoms with van der Waals surface area (Å²) in [4.78, 5) is 27.3.